The van der Waals surface area contributed by atoms with Crippen LogP contribution in [0.3, 0.4) is 0 Å². The Morgan fingerprint density at radius 2 is 1.90 bits per heavy atom. The Labute approximate surface area is 125 Å². The number of rotatable bonds is 3. The lowest BCUT2D eigenvalue weighted by Crippen LogP contribution is -2.02. The number of hydrogen-bond acceptors (Lipinski definition) is 2. The predicted molar refractivity (Wildman–Crippen MR) is 80.4 cm³/mol. The zero-order chi connectivity index (χ0) is 14.8. The highest BCUT2D eigenvalue weighted by atomic mass is 35.5. The van der Waals surface area contributed by atoms with E-state index in [1.165, 1.54) is 0 Å². The second kappa shape index (κ2) is 5.66. The van der Waals surface area contributed by atoms with Crippen molar-refractivity contribution in [3.05, 3.63) is 71.0 Å². The molecule has 0 saturated heterocycles. The molecule has 0 aliphatic rings. The summed E-state index contributed by atoms with van der Waals surface area (Å²) in [6.45, 7) is 0.389. The third-order valence-electron chi connectivity index (χ3n) is 3.18. The van der Waals surface area contributed by atoms with Gasteiger partial charge in [-0.3, -0.25) is 4.98 Å². The molecule has 0 radical (unpaired) electrons. The lowest BCUT2D eigenvalue weighted by atomic mass is 10.1. The Balaban J connectivity index is 1.83. The molecule has 0 fully saturated rings. The minimum Gasteiger partial charge on any atom is -0.377 e. The number of benzene rings is 2. The van der Waals surface area contributed by atoms with Crippen LogP contribution < -0.4 is 5.32 Å². The zero-order valence-electron chi connectivity index (χ0n) is 10.9. The maximum absolute atomic E-state index is 13.7. The van der Waals surface area contributed by atoms with Gasteiger partial charge in [-0.1, -0.05) is 23.7 Å². The van der Waals surface area contributed by atoms with Crippen molar-refractivity contribution >= 4 is 28.1 Å². The first-order chi connectivity index (χ1) is 10.1. The molecule has 0 bridgehead atoms. The van der Waals surface area contributed by atoms with Crippen molar-refractivity contribution in [2.24, 2.45) is 0 Å². The van der Waals surface area contributed by atoms with Crippen molar-refractivity contribution in [1.29, 1.82) is 0 Å². The Hall–Kier alpha value is -2.20. The van der Waals surface area contributed by atoms with E-state index in [1.54, 1.807) is 12.4 Å². The number of aromatic nitrogens is 1. The van der Waals surface area contributed by atoms with Crippen LogP contribution >= 0.6 is 11.6 Å². The molecule has 2 nitrogen and oxygen atoms in total. The monoisotopic (exact) mass is 304 g/mol. The van der Waals surface area contributed by atoms with Crippen LogP contribution in [-0.2, 0) is 6.54 Å². The summed E-state index contributed by atoms with van der Waals surface area (Å²) in [5, 5.41) is 5.01. The molecule has 0 amide bonds. The third-order valence-corrected chi connectivity index (χ3v) is 3.48. The Morgan fingerprint density at radius 1 is 1.05 bits per heavy atom. The van der Waals surface area contributed by atoms with Crippen LogP contribution in [0.25, 0.3) is 10.8 Å². The van der Waals surface area contributed by atoms with Crippen LogP contribution in [0.15, 0.2) is 48.8 Å². The normalized spacial score (nSPS) is 10.8. The topological polar surface area (TPSA) is 24.9 Å². The summed E-state index contributed by atoms with van der Waals surface area (Å²) < 4.78 is 26.7. The molecular formula is C16H11ClF2N2. The van der Waals surface area contributed by atoms with Gasteiger partial charge in [0.2, 0.25) is 0 Å². The van der Waals surface area contributed by atoms with Gasteiger partial charge in [-0.15, -0.1) is 0 Å². The number of nitrogens with zero attached hydrogens (tertiary/aromatic N) is 1. The van der Waals surface area contributed by atoms with E-state index >= 15 is 0 Å². The van der Waals surface area contributed by atoms with E-state index in [-0.39, 0.29) is 10.7 Å². The van der Waals surface area contributed by atoms with Crippen molar-refractivity contribution in [2.75, 3.05) is 5.32 Å². The van der Waals surface area contributed by atoms with Gasteiger partial charge < -0.3 is 5.32 Å². The van der Waals surface area contributed by atoms with Crippen LogP contribution in [0.5, 0.6) is 0 Å². The molecule has 2 aromatic carbocycles. The Morgan fingerprint density at radius 3 is 2.71 bits per heavy atom. The van der Waals surface area contributed by atoms with Crippen LogP contribution in [0.1, 0.15) is 5.56 Å². The fraction of sp³-hybridized carbons (Fsp3) is 0.0625. The molecule has 5 heteroatoms. The van der Waals surface area contributed by atoms with Gasteiger partial charge in [0.1, 0.15) is 5.82 Å². The number of hydrogen-bond donors (Lipinski definition) is 1. The van der Waals surface area contributed by atoms with E-state index in [0.29, 0.717) is 6.54 Å². The van der Waals surface area contributed by atoms with Crippen LogP contribution in [0, 0.1) is 11.6 Å². The summed E-state index contributed by atoms with van der Waals surface area (Å²) >= 11 is 5.85. The van der Waals surface area contributed by atoms with Gasteiger partial charge in [0.05, 0.1) is 10.7 Å². The average molecular weight is 305 g/mol. The SMILES string of the molecule is Fc1cc(F)c(NCc2ccc3cnccc3c2)c(Cl)c1. The number of halogens is 3. The van der Waals surface area contributed by atoms with Gasteiger partial charge in [0.15, 0.2) is 5.82 Å². The number of fused-ring (bicyclic) bond motifs is 1. The van der Waals surface area contributed by atoms with Crippen molar-refractivity contribution in [3.8, 4) is 0 Å². The van der Waals surface area contributed by atoms with Gasteiger partial charge in [0.25, 0.3) is 0 Å². The smallest absolute Gasteiger partial charge is 0.150 e. The molecule has 3 rings (SSSR count). The molecule has 3 aromatic rings. The van der Waals surface area contributed by atoms with Crippen molar-refractivity contribution in [2.45, 2.75) is 6.54 Å². The molecule has 0 spiro atoms. The highest BCUT2D eigenvalue weighted by Crippen LogP contribution is 2.27. The van der Waals surface area contributed by atoms with E-state index in [4.69, 9.17) is 11.6 Å². The molecule has 0 unspecified atom stereocenters. The lowest BCUT2D eigenvalue weighted by Gasteiger charge is -2.10. The third kappa shape index (κ3) is 2.95. The van der Waals surface area contributed by atoms with E-state index in [0.717, 1.165) is 28.5 Å². The molecule has 0 atom stereocenters. The second-order valence-electron chi connectivity index (χ2n) is 4.66. The number of nitrogens with one attached hydrogen (secondary N) is 1. The minimum absolute atomic E-state index is 0.0255. The first-order valence-electron chi connectivity index (χ1n) is 6.34. The van der Waals surface area contributed by atoms with Crippen LogP contribution in [0.2, 0.25) is 5.02 Å². The van der Waals surface area contributed by atoms with E-state index < -0.39 is 11.6 Å². The van der Waals surface area contributed by atoms with Crippen molar-refractivity contribution < 1.29 is 8.78 Å². The van der Waals surface area contributed by atoms with Crippen LogP contribution in [-0.4, -0.2) is 4.98 Å². The van der Waals surface area contributed by atoms with Gasteiger partial charge in [-0.2, -0.15) is 0 Å². The molecule has 1 aromatic heterocycles. The summed E-state index contributed by atoms with van der Waals surface area (Å²) in [6, 6.07) is 9.65. The van der Waals surface area contributed by atoms with Gasteiger partial charge in [0, 0.05) is 30.4 Å². The molecular weight excluding hydrogens is 294 g/mol. The first kappa shape index (κ1) is 13.8. The number of pyridine rings is 1. The standard InChI is InChI=1S/C16H11ClF2N2/c17-14-6-13(18)7-15(19)16(14)21-8-10-1-2-12-9-20-4-3-11(12)5-10/h1-7,9,21H,8H2. The largest absolute Gasteiger partial charge is 0.377 e. The van der Waals surface area contributed by atoms with E-state index in [1.807, 2.05) is 24.3 Å². The molecule has 1 N–H and O–H groups in total. The average Bonchev–Trinajstić information content (AvgIpc) is 2.46. The number of anilines is 1. The molecule has 1 heterocycles. The summed E-state index contributed by atoms with van der Waals surface area (Å²) in [4.78, 5) is 4.05. The van der Waals surface area contributed by atoms with E-state index in [9.17, 15) is 8.78 Å². The van der Waals surface area contributed by atoms with Crippen LogP contribution in [0.4, 0.5) is 14.5 Å². The second-order valence-corrected chi connectivity index (χ2v) is 5.06. The van der Waals surface area contributed by atoms with Crippen molar-refractivity contribution in [1.82, 2.24) is 4.98 Å². The highest BCUT2D eigenvalue weighted by Gasteiger charge is 2.09. The zero-order valence-corrected chi connectivity index (χ0v) is 11.7. The maximum atomic E-state index is 13.7. The molecule has 0 aliphatic carbocycles. The summed E-state index contributed by atoms with van der Waals surface area (Å²) in [6.07, 6.45) is 3.50. The predicted octanol–water partition coefficient (Wildman–Crippen LogP) is 4.78. The molecule has 0 aliphatic heterocycles. The molecule has 0 saturated carbocycles. The van der Waals surface area contributed by atoms with Gasteiger partial charge >= 0.3 is 0 Å². The summed E-state index contributed by atoms with van der Waals surface area (Å²) in [5.41, 5.74) is 1.07. The van der Waals surface area contributed by atoms with Crippen molar-refractivity contribution in [3.63, 3.8) is 0 Å². The van der Waals surface area contributed by atoms with Gasteiger partial charge in [-0.25, -0.2) is 8.78 Å². The Bertz CT molecular complexity index is 782. The quantitative estimate of drug-likeness (QED) is 0.753. The minimum atomic E-state index is -0.704. The summed E-state index contributed by atoms with van der Waals surface area (Å²) in [7, 11) is 0. The molecule has 106 valence electrons. The first-order valence-corrected chi connectivity index (χ1v) is 6.72. The molecule has 21 heavy (non-hydrogen) atoms. The summed E-state index contributed by atoms with van der Waals surface area (Å²) in [5.74, 6) is -1.40. The lowest BCUT2D eigenvalue weighted by molar-refractivity contribution is 0.585. The van der Waals surface area contributed by atoms with E-state index in [2.05, 4.69) is 10.3 Å². The highest BCUT2D eigenvalue weighted by molar-refractivity contribution is 6.33. The fourth-order valence-corrected chi connectivity index (χ4v) is 2.41. The fourth-order valence-electron chi connectivity index (χ4n) is 2.14. The Kier molecular flexibility index (Phi) is 3.71. The maximum Gasteiger partial charge on any atom is 0.150 e. The van der Waals surface area contributed by atoms with Gasteiger partial charge in [-0.05, 0) is 29.1 Å².